The molecule has 1 aliphatic heterocycles. The van der Waals surface area contributed by atoms with Gasteiger partial charge in [-0.15, -0.1) is 0 Å². The van der Waals surface area contributed by atoms with Gasteiger partial charge in [-0.2, -0.15) is 0 Å². The van der Waals surface area contributed by atoms with Crippen molar-refractivity contribution in [2.24, 2.45) is 11.0 Å². The summed E-state index contributed by atoms with van der Waals surface area (Å²) in [6.07, 6.45) is 6.59. The quantitative estimate of drug-likeness (QED) is 0.282. The summed E-state index contributed by atoms with van der Waals surface area (Å²) < 4.78 is 0. The smallest absolute Gasteiger partial charge is 0.223 e. The van der Waals surface area contributed by atoms with Crippen LogP contribution in [0.2, 0.25) is 0 Å². The number of carbonyl (C=O) groups excluding carboxylic acids is 1. The van der Waals surface area contributed by atoms with Gasteiger partial charge < -0.3 is 4.90 Å². The Bertz CT molecular complexity index is 312. The van der Waals surface area contributed by atoms with Crippen LogP contribution in [0.4, 0.5) is 0 Å². The van der Waals surface area contributed by atoms with Crippen molar-refractivity contribution < 1.29 is 4.79 Å². The summed E-state index contributed by atoms with van der Waals surface area (Å²) in [5.74, 6) is 0.433. The molecule has 0 saturated carbocycles. The van der Waals surface area contributed by atoms with Crippen LogP contribution in [0.5, 0.6) is 0 Å². The highest BCUT2D eigenvalue weighted by molar-refractivity contribution is 5.79. The van der Waals surface area contributed by atoms with Gasteiger partial charge in [-0.3, -0.25) is 4.79 Å². The molecule has 0 aromatic heterocycles. The molecule has 0 aromatic carbocycles. The number of hydrogen-bond donors (Lipinski definition) is 0. The van der Waals surface area contributed by atoms with Crippen LogP contribution < -0.4 is 0 Å². The highest BCUT2D eigenvalue weighted by Crippen LogP contribution is 2.22. The van der Waals surface area contributed by atoms with Crippen molar-refractivity contribution in [3.05, 3.63) is 10.4 Å². The maximum Gasteiger partial charge on any atom is 0.223 e. The van der Waals surface area contributed by atoms with Gasteiger partial charge in [0.15, 0.2) is 0 Å². The summed E-state index contributed by atoms with van der Waals surface area (Å²) in [4.78, 5) is 16.6. The Morgan fingerprint density at radius 1 is 1.50 bits per heavy atom. The van der Waals surface area contributed by atoms with Gasteiger partial charge in [-0.1, -0.05) is 37.7 Å². The molecule has 5 heteroatoms. The number of nitrogens with zero attached hydrogens (tertiary/aromatic N) is 4. The zero-order valence-electron chi connectivity index (χ0n) is 11.5. The molecule has 0 aromatic rings. The third kappa shape index (κ3) is 4.57. The van der Waals surface area contributed by atoms with Crippen LogP contribution in [0.1, 0.15) is 52.4 Å². The van der Waals surface area contributed by atoms with E-state index in [0.29, 0.717) is 19.0 Å². The molecular formula is C13H24N4O. The van der Waals surface area contributed by atoms with E-state index >= 15 is 0 Å². The minimum absolute atomic E-state index is 0.214. The molecule has 102 valence electrons. The molecule has 0 radical (unpaired) electrons. The minimum Gasteiger partial charge on any atom is -0.340 e. The lowest BCUT2D eigenvalue weighted by Crippen LogP contribution is -2.34. The molecular weight excluding hydrogens is 228 g/mol. The molecule has 2 unspecified atom stereocenters. The van der Waals surface area contributed by atoms with Gasteiger partial charge in [0, 0.05) is 30.5 Å². The van der Waals surface area contributed by atoms with Gasteiger partial charge in [0.05, 0.1) is 0 Å². The summed E-state index contributed by atoms with van der Waals surface area (Å²) in [5, 5.41) is 3.57. The van der Waals surface area contributed by atoms with E-state index < -0.39 is 0 Å². The third-order valence-corrected chi connectivity index (χ3v) is 3.65. The van der Waals surface area contributed by atoms with Crippen molar-refractivity contribution in [2.75, 3.05) is 13.1 Å². The number of unbranched alkanes of at least 4 members (excludes halogenated alkanes) is 3. The van der Waals surface area contributed by atoms with E-state index in [-0.39, 0.29) is 11.8 Å². The molecule has 1 fully saturated rings. The lowest BCUT2D eigenvalue weighted by Gasteiger charge is -2.24. The van der Waals surface area contributed by atoms with Crippen LogP contribution in [0.15, 0.2) is 5.11 Å². The Morgan fingerprint density at radius 2 is 2.28 bits per heavy atom. The number of azide groups is 1. The van der Waals surface area contributed by atoms with E-state index in [1.165, 1.54) is 25.7 Å². The van der Waals surface area contributed by atoms with Crippen molar-refractivity contribution >= 4 is 5.91 Å². The van der Waals surface area contributed by atoms with Crippen LogP contribution in [0.3, 0.4) is 0 Å². The third-order valence-electron chi connectivity index (χ3n) is 3.65. The predicted octanol–water partition coefficient (Wildman–Crippen LogP) is 3.50. The first-order chi connectivity index (χ1) is 8.69. The number of hydrogen-bond acceptors (Lipinski definition) is 2. The van der Waals surface area contributed by atoms with Crippen LogP contribution in [0.25, 0.3) is 10.4 Å². The average Bonchev–Trinajstić information content (AvgIpc) is 2.73. The Balaban J connectivity index is 2.32. The Hall–Kier alpha value is -1.22. The summed E-state index contributed by atoms with van der Waals surface area (Å²) in [6.45, 7) is 5.53. The Morgan fingerprint density at radius 3 is 2.94 bits per heavy atom. The summed E-state index contributed by atoms with van der Waals surface area (Å²) in [6, 6.07) is 0.324. The zero-order chi connectivity index (χ0) is 13.4. The van der Waals surface area contributed by atoms with E-state index in [2.05, 4.69) is 23.9 Å². The highest BCUT2D eigenvalue weighted by Gasteiger charge is 2.31. The zero-order valence-corrected chi connectivity index (χ0v) is 11.5. The molecule has 1 heterocycles. The molecule has 5 nitrogen and oxygen atoms in total. The summed E-state index contributed by atoms with van der Waals surface area (Å²) in [7, 11) is 0. The van der Waals surface area contributed by atoms with Crippen LogP contribution in [-0.4, -0.2) is 29.9 Å². The van der Waals surface area contributed by atoms with E-state index in [1.807, 2.05) is 4.90 Å². The SMILES string of the molecule is CCCCCCC(C)N1CC(CN=[N+]=[N-])CC1=O. The predicted molar refractivity (Wildman–Crippen MR) is 72.1 cm³/mol. The maximum atomic E-state index is 11.9. The standard InChI is InChI=1S/C13H24N4O/c1-3-4-5-6-7-11(2)17-10-12(8-13(17)18)9-15-16-14/h11-12H,3-10H2,1-2H3. The molecule has 18 heavy (non-hydrogen) atoms. The molecule has 0 N–H and O–H groups in total. The van der Waals surface area contributed by atoms with Crippen LogP contribution in [-0.2, 0) is 4.79 Å². The second-order valence-corrected chi connectivity index (χ2v) is 5.23. The first kappa shape index (κ1) is 14.8. The fourth-order valence-corrected chi connectivity index (χ4v) is 2.53. The summed E-state index contributed by atoms with van der Waals surface area (Å²) in [5.41, 5.74) is 8.29. The van der Waals surface area contributed by atoms with Gasteiger partial charge in [-0.25, -0.2) is 0 Å². The molecule has 1 rings (SSSR count). The number of amides is 1. The van der Waals surface area contributed by atoms with Crippen LogP contribution in [0, 0.1) is 5.92 Å². The normalized spacial score (nSPS) is 20.9. The topological polar surface area (TPSA) is 69.1 Å². The molecule has 0 bridgehead atoms. The van der Waals surface area contributed by atoms with Crippen LogP contribution >= 0.6 is 0 Å². The second-order valence-electron chi connectivity index (χ2n) is 5.23. The Kier molecular flexibility index (Phi) is 6.58. The number of likely N-dealkylation sites (tertiary alicyclic amines) is 1. The minimum atomic E-state index is 0.214. The highest BCUT2D eigenvalue weighted by atomic mass is 16.2. The summed E-state index contributed by atoms with van der Waals surface area (Å²) >= 11 is 0. The first-order valence-electron chi connectivity index (χ1n) is 6.99. The average molecular weight is 252 g/mol. The van der Waals surface area contributed by atoms with Crippen molar-refractivity contribution in [2.45, 2.75) is 58.4 Å². The Labute approximate surface area is 109 Å². The first-order valence-corrected chi connectivity index (χ1v) is 6.99. The lowest BCUT2D eigenvalue weighted by atomic mass is 10.1. The van der Waals surface area contributed by atoms with Gasteiger partial charge in [0.25, 0.3) is 0 Å². The monoisotopic (exact) mass is 252 g/mol. The largest absolute Gasteiger partial charge is 0.340 e. The fourth-order valence-electron chi connectivity index (χ4n) is 2.53. The van der Waals surface area contributed by atoms with Gasteiger partial charge in [0.1, 0.15) is 0 Å². The molecule has 2 atom stereocenters. The van der Waals surface area contributed by atoms with Crippen molar-refractivity contribution in [1.29, 1.82) is 0 Å². The van der Waals surface area contributed by atoms with E-state index in [0.717, 1.165) is 13.0 Å². The van der Waals surface area contributed by atoms with E-state index in [9.17, 15) is 4.79 Å². The number of carbonyl (C=O) groups is 1. The van der Waals surface area contributed by atoms with Gasteiger partial charge >= 0.3 is 0 Å². The maximum absolute atomic E-state index is 11.9. The molecule has 1 saturated heterocycles. The molecule has 1 amide bonds. The van der Waals surface area contributed by atoms with Crippen molar-refractivity contribution in [1.82, 2.24) is 4.90 Å². The molecule has 0 aliphatic carbocycles. The van der Waals surface area contributed by atoms with E-state index in [4.69, 9.17) is 5.53 Å². The number of rotatable bonds is 8. The van der Waals surface area contributed by atoms with E-state index in [1.54, 1.807) is 0 Å². The molecule has 0 spiro atoms. The fraction of sp³-hybridized carbons (Fsp3) is 0.923. The van der Waals surface area contributed by atoms with Gasteiger partial charge in [-0.05, 0) is 24.8 Å². The van der Waals surface area contributed by atoms with Crippen molar-refractivity contribution in [3.8, 4) is 0 Å². The molecule has 1 aliphatic rings. The lowest BCUT2D eigenvalue weighted by molar-refractivity contribution is -0.129. The van der Waals surface area contributed by atoms with Crippen molar-refractivity contribution in [3.63, 3.8) is 0 Å². The van der Waals surface area contributed by atoms with Gasteiger partial charge in [0.2, 0.25) is 5.91 Å². The second kappa shape index (κ2) is 7.98.